The number of para-hydroxylation sites is 2. The van der Waals surface area contributed by atoms with Crippen molar-refractivity contribution in [3.8, 4) is 22.8 Å². The number of anilines is 1. The van der Waals surface area contributed by atoms with Gasteiger partial charge in [-0.25, -0.2) is 4.90 Å². The van der Waals surface area contributed by atoms with E-state index in [1.54, 1.807) is 9.58 Å². The summed E-state index contributed by atoms with van der Waals surface area (Å²) in [5.41, 5.74) is 2.26. The second kappa shape index (κ2) is 9.15. The molecule has 4 aromatic rings. The molecule has 1 N–H and O–H groups in total. The number of hydrogen-bond acceptors (Lipinski definition) is 5. The van der Waals surface area contributed by atoms with E-state index in [-0.39, 0.29) is 11.5 Å². The van der Waals surface area contributed by atoms with Crippen molar-refractivity contribution in [2.75, 3.05) is 10.7 Å². The lowest BCUT2D eigenvalue weighted by Crippen LogP contribution is -2.60. The maximum Gasteiger partial charge on any atom is 0.325 e. The number of ether oxygens (including phenoxy) is 1. The summed E-state index contributed by atoms with van der Waals surface area (Å²) in [5, 5.41) is 5.26. The fraction of sp³-hybridized carbons (Fsp3) is 0.154. The second-order valence-electron chi connectivity index (χ2n) is 7.75. The van der Waals surface area contributed by atoms with Gasteiger partial charge in [-0.05, 0) is 52.9 Å². The minimum Gasteiger partial charge on any atom is -0.457 e. The monoisotopic (exact) mass is 471 g/mol. The molecular formula is C26H23N4O3S+. The first kappa shape index (κ1) is 21.9. The molecule has 1 aliphatic heterocycles. The lowest BCUT2D eigenvalue weighted by Gasteiger charge is -2.31. The molecule has 7 nitrogen and oxygen atoms in total. The van der Waals surface area contributed by atoms with E-state index in [2.05, 4.69) is 4.98 Å². The van der Waals surface area contributed by atoms with Crippen LogP contribution in [0.4, 0.5) is 5.69 Å². The number of fused-ring (bicyclic) bond motifs is 3. The van der Waals surface area contributed by atoms with Crippen molar-refractivity contribution < 1.29 is 14.2 Å². The fourth-order valence-corrected chi connectivity index (χ4v) is 4.76. The summed E-state index contributed by atoms with van der Waals surface area (Å²) >= 11 is 1.44. The number of nitrogens with zero attached hydrogens (tertiary/aromatic N) is 3. The Kier molecular flexibility index (Phi) is 5.90. The first-order valence-corrected chi connectivity index (χ1v) is 12.0. The summed E-state index contributed by atoms with van der Waals surface area (Å²) in [5.74, 6) is 1.93. The summed E-state index contributed by atoms with van der Waals surface area (Å²) < 4.78 is 7.70. The largest absolute Gasteiger partial charge is 0.457 e. The highest BCUT2D eigenvalue weighted by atomic mass is 32.2. The number of hydrogen-bond donors (Lipinski definition) is 1. The van der Waals surface area contributed by atoms with Gasteiger partial charge in [0.25, 0.3) is 6.17 Å². The Morgan fingerprint density at radius 3 is 2.56 bits per heavy atom. The second-order valence-corrected chi connectivity index (χ2v) is 9.01. The summed E-state index contributed by atoms with van der Waals surface area (Å²) in [7, 11) is 0. The number of aromatic amines is 1. The van der Waals surface area contributed by atoms with Gasteiger partial charge in [-0.3, -0.25) is 14.6 Å². The SMILES string of the molecule is CCSc1n[n+]2c(c(=O)[nH]1)-c1ccccc1N(C(C)=O)C2c1cccc(Oc2ccccc2)c1. The molecule has 0 fully saturated rings. The Morgan fingerprint density at radius 2 is 1.79 bits per heavy atom. The molecule has 1 atom stereocenters. The smallest absolute Gasteiger partial charge is 0.325 e. The third kappa shape index (κ3) is 3.97. The van der Waals surface area contributed by atoms with Gasteiger partial charge in [-0.15, -0.1) is 0 Å². The number of benzene rings is 3. The van der Waals surface area contributed by atoms with E-state index in [1.165, 1.54) is 18.7 Å². The first-order valence-electron chi connectivity index (χ1n) is 11.0. The van der Waals surface area contributed by atoms with Gasteiger partial charge in [0, 0.05) is 17.6 Å². The van der Waals surface area contributed by atoms with Crippen molar-refractivity contribution >= 4 is 23.4 Å². The molecule has 34 heavy (non-hydrogen) atoms. The Labute approximate surface area is 201 Å². The van der Waals surface area contributed by atoms with E-state index >= 15 is 0 Å². The average molecular weight is 472 g/mol. The van der Waals surface area contributed by atoms with Crippen molar-refractivity contribution in [3.63, 3.8) is 0 Å². The van der Waals surface area contributed by atoms with Crippen molar-refractivity contribution in [2.45, 2.75) is 25.2 Å². The Balaban J connectivity index is 1.71. The zero-order chi connectivity index (χ0) is 23.7. The minimum absolute atomic E-state index is 0.156. The topological polar surface area (TPSA) is 79.2 Å². The number of rotatable bonds is 5. The van der Waals surface area contributed by atoms with Crippen molar-refractivity contribution in [2.24, 2.45) is 0 Å². The number of nitrogens with one attached hydrogen (secondary N) is 1. The predicted octanol–water partition coefficient (Wildman–Crippen LogP) is 4.54. The minimum atomic E-state index is -0.653. The number of carbonyl (C=O) groups excluding carboxylic acids is 1. The van der Waals surface area contributed by atoms with Crippen LogP contribution in [0.25, 0.3) is 11.3 Å². The summed E-state index contributed by atoms with van der Waals surface area (Å²) in [4.78, 5) is 30.8. The molecule has 1 unspecified atom stereocenters. The Hall–Kier alpha value is -3.91. The zero-order valence-electron chi connectivity index (χ0n) is 18.8. The molecule has 0 bridgehead atoms. The molecule has 0 saturated heterocycles. The summed E-state index contributed by atoms with van der Waals surface area (Å²) in [6, 6.07) is 24.4. The molecule has 0 aliphatic carbocycles. The third-order valence-corrected chi connectivity index (χ3v) is 6.26. The van der Waals surface area contributed by atoms with Crippen LogP contribution >= 0.6 is 11.8 Å². The molecular weight excluding hydrogens is 448 g/mol. The van der Waals surface area contributed by atoms with Gasteiger partial charge >= 0.3 is 11.3 Å². The van der Waals surface area contributed by atoms with Crippen LogP contribution < -0.4 is 19.9 Å². The molecule has 0 saturated carbocycles. The predicted molar refractivity (Wildman–Crippen MR) is 131 cm³/mol. The van der Waals surface area contributed by atoms with Crippen LogP contribution in [0.5, 0.6) is 11.5 Å². The Bertz CT molecular complexity index is 1420. The molecule has 5 rings (SSSR count). The van der Waals surface area contributed by atoms with Gasteiger partial charge in [0.05, 0.1) is 11.3 Å². The molecule has 1 amide bonds. The average Bonchev–Trinajstić information content (AvgIpc) is 2.84. The quantitative estimate of drug-likeness (QED) is 0.341. The normalized spacial score (nSPS) is 14.3. The number of H-pyrrole nitrogens is 1. The van der Waals surface area contributed by atoms with Gasteiger partial charge in [0.1, 0.15) is 11.5 Å². The van der Waals surface area contributed by atoms with Gasteiger partial charge in [0.15, 0.2) is 0 Å². The van der Waals surface area contributed by atoms with Gasteiger partial charge < -0.3 is 4.74 Å². The maximum absolute atomic E-state index is 13.2. The van der Waals surface area contributed by atoms with E-state index in [0.29, 0.717) is 33.6 Å². The fourth-order valence-electron chi connectivity index (χ4n) is 4.18. The highest BCUT2D eigenvalue weighted by Gasteiger charge is 2.44. The van der Waals surface area contributed by atoms with E-state index in [1.807, 2.05) is 85.8 Å². The van der Waals surface area contributed by atoms with Gasteiger partial charge in [-0.1, -0.05) is 55.1 Å². The molecule has 2 heterocycles. The third-order valence-electron chi connectivity index (χ3n) is 5.51. The number of carbonyl (C=O) groups is 1. The zero-order valence-corrected chi connectivity index (χ0v) is 19.6. The Morgan fingerprint density at radius 1 is 1.06 bits per heavy atom. The van der Waals surface area contributed by atoms with Gasteiger partial charge in [0.2, 0.25) is 11.1 Å². The van der Waals surface area contributed by atoms with Crippen molar-refractivity contribution in [3.05, 3.63) is 94.8 Å². The van der Waals surface area contributed by atoms with Crippen LogP contribution in [0.3, 0.4) is 0 Å². The molecule has 8 heteroatoms. The molecule has 170 valence electrons. The summed E-state index contributed by atoms with van der Waals surface area (Å²) in [6.07, 6.45) is -0.653. The first-order chi connectivity index (χ1) is 16.6. The van der Waals surface area contributed by atoms with Crippen molar-refractivity contribution in [1.29, 1.82) is 0 Å². The summed E-state index contributed by atoms with van der Waals surface area (Å²) in [6.45, 7) is 3.52. The standard InChI is InChI=1S/C26H22N4O3S/c1-3-34-26-27-24(32)23-21-14-7-8-15-22(21)29(17(2)31)25(30(23)28-26)18-10-9-13-20(16-18)33-19-11-5-4-6-12-19/h4-16,25H,3H2,1-2H3/p+1. The molecule has 1 aliphatic rings. The number of thioether (sulfide) groups is 1. The van der Waals surface area contributed by atoms with E-state index in [0.717, 1.165) is 11.3 Å². The van der Waals surface area contributed by atoms with Crippen LogP contribution in [0.2, 0.25) is 0 Å². The maximum atomic E-state index is 13.2. The lowest BCUT2D eigenvalue weighted by atomic mass is 10.0. The van der Waals surface area contributed by atoms with Crippen molar-refractivity contribution in [1.82, 2.24) is 10.1 Å². The van der Waals surface area contributed by atoms with Crippen LogP contribution in [0.15, 0.2) is 88.8 Å². The van der Waals surface area contributed by atoms with Crippen LogP contribution in [-0.2, 0) is 4.79 Å². The van der Waals surface area contributed by atoms with E-state index < -0.39 is 6.17 Å². The van der Waals surface area contributed by atoms with E-state index in [9.17, 15) is 9.59 Å². The lowest BCUT2D eigenvalue weighted by molar-refractivity contribution is -0.763. The van der Waals surface area contributed by atoms with Gasteiger partial charge in [-0.2, -0.15) is 0 Å². The van der Waals surface area contributed by atoms with Crippen LogP contribution in [-0.4, -0.2) is 21.7 Å². The van der Waals surface area contributed by atoms with Crippen LogP contribution in [0.1, 0.15) is 25.6 Å². The molecule has 0 spiro atoms. The highest BCUT2D eigenvalue weighted by Crippen LogP contribution is 2.38. The number of aromatic nitrogens is 3. The number of amides is 1. The molecule has 1 aromatic heterocycles. The van der Waals surface area contributed by atoms with Crippen LogP contribution in [0, 0.1) is 0 Å². The van der Waals surface area contributed by atoms with E-state index in [4.69, 9.17) is 9.84 Å². The molecule has 3 aromatic carbocycles. The molecule has 0 radical (unpaired) electrons. The highest BCUT2D eigenvalue weighted by molar-refractivity contribution is 7.99.